The van der Waals surface area contributed by atoms with Crippen molar-refractivity contribution in [2.45, 2.75) is 12.5 Å². The van der Waals surface area contributed by atoms with Crippen molar-refractivity contribution in [2.75, 3.05) is 13.1 Å². The van der Waals surface area contributed by atoms with Gasteiger partial charge in [-0.05, 0) is 37.2 Å². The molecule has 3 nitrogen and oxygen atoms in total. The van der Waals surface area contributed by atoms with Gasteiger partial charge in [0.05, 0.1) is 0 Å². The van der Waals surface area contributed by atoms with E-state index in [0.717, 1.165) is 36.8 Å². The van der Waals surface area contributed by atoms with E-state index in [0.29, 0.717) is 0 Å². The summed E-state index contributed by atoms with van der Waals surface area (Å²) < 4.78 is 11.7. The zero-order chi connectivity index (χ0) is 12.9. The summed E-state index contributed by atoms with van der Waals surface area (Å²) in [5.74, 6) is 2.50. The minimum Gasteiger partial charge on any atom is -0.489 e. The van der Waals surface area contributed by atoms with Gasteiger partial charge in [-0.15, -0.1) is 0 Å². The highest BCUT2D eigenvalue weighted by Gasteiger charge is 2.15. The molecule has 1 aliphatic rings. The van der Waals surface area contributed by atoms with Gasteiger partial charge in [-0.3, -0.25) is 0 Å². The molecule has 0 bridgehead atoms. The average molecular weight is 255 g/mol. The number of nitrogens with one attached hydrogen (secondary N) is 1. The van der Waals surface area contributed by atoms with Gasteiger partial charge in [0.25, 0.3) is 0 Å². The van der Waals surface area contributed by atoms with Crippen LogP contribution >= 0.6 is 0 Å². The second kappa shape index (κ2) is 5.76. The first-order valence-corrected chi connectivity index (χ1v) is 6.60. The number of para-hydroxylation sites is 1. The molecule has 1 heterocycles. The summed E-state index contributed by atoms with van der Waals surface area (Å²) in [7, 11) is 0. The van der Waals surface area contributed by atoms with Crippen LogP contribution in [0, 0.1) is 0 Å². The van der Waals surface area contributed by atoms with Crippen LogP contribution in [0.1, 0.15) is 6.42 Å². The quantitative estimate of drug-likeness (QED) is 0.910. The maximum atomic E-state index is 5.91. The zero-order valence-electron chi connectivity index (χ0n) is 10.7. The Morgan fingerprint density at radius 2 is 1.68 bits per heavy atom. The van der Waals surface area contributed by atoms with E-state index in [1.807, 2.05) is 54.6 Å². The summed E-state index contributed by atoms with van der Waals surface area (Å²) in [5.41, 5.74) is 0. The lowest BCUT2D eigenvalue weighted by molar-refractivity contribution is 0.222. The molecular weight excluding hydrogens is 238 g/mol. The molecule has 0 aliphatic carbocycles. The summed E-state index contributed by atoms with van der Waals surface area (Å²) in [4.78, 5) is 0. The van der Waals surface area contributed by atoms with Crippen LogP contribution in [-0.2, 0) is 0 Å². The van der Waals surface area contributed by atoms with Crippen LogP contribution in [0.5, 0.6) is 17.2 Å². The van der Waals surface area contributed by atoms with Crippen molar-refractivity contribution in [2.24, 2.45) is 0 Å². The summed E-state index contributed by atoms with van der Waals surface area (Å²) in [6.45, 7) is 1.95. The smallest absolute Gasteiger partial charge is 0.131 e. The Labute approximate surface area is 113 Å². The van der Waals surface area contributed by atoms with Crippen LogP contribution in [0.15, 0.2) is 54.6 Å². The van der Waals surface area contributed by atoms with Gasteiger partial charge in [-0.25, -0.2) is 0 Å². The minimum atomic E-state index is 0.270. The highest BCUT2D eigenvalue weighted by Crippen LogP contribution is 2.26. The van der Waals surface area contributed by atoms with E-state index >= 15 is 0 Å². The number of benzene rings is 2. The largest absolute Gasteiger partial charge is 0.489 e. The number of rotatable bonds is 4. The molecule has 1 fully saturated rings. The first-order chi connectivity index (χ1) is 9.40. The standard InChI is InChI=1S/C16H17NO2/c1-2-5-13(6-3-1)18-14-7-4-8-15(11-14)19-16-9-10-17-12-16/h1-8,11,16-17H,9-10,12H2. The molecule has 98 valence electrons. The van der Waals surface area contributed by atoms with Gasteiger partial charge in [0.2, 0.25) is 0 Å². The second-order valence-electron chi connectivity index (χ2n) is 4.62. The lowest BCUT2D eigenvalue weighted by Gasteiger charge is -2.13. The van der Waals surface area contributed by atoms with Crippen molar-refractivity contribution in [1.29, 1.82) is 0 Å². The molecule has 1 aliphatic heterocycles. The fourth-order valence-corrected chi connectivity index (χ4v) is 2.16. The third-order valence-electron chi connectivity index (χ3n) is 3.10. The Balaban J connectivity index is 1.69. The molecule has 0 aromatic heterocycles. The zero-order valence-corrected chi connectivity index (χ0v) is 10.7. The van der Waals surface area contributed by atoms with Crippen LogP contribution in [0.2, 0.25) is 0 Å². The van der Waals surface area contributed by atoms with Gasteiger partial charge in [0.15, 0.2) is 0 Å². The van der Waals surface area contributed by atoms with Crippen molar-refractivity contribution >= 4 is 0 Å². The number of hydrogen-bond acceptors (Lipinski definition) is 3. The van der Waals surface area contributed by atoms with Gasteiger partial charge in [0, 0.05) is 12.6 Å². The van der Waals surface area contributed by atoms with E-state index in [9.17, 15) is 0 Å². The maximum Gasteiger partial charge on any atom is 0.131 e. The molecule has 1 N–H and O–H groups in total. The van der Waals surface area contributed by atoms with Gasteiger partial charge >= 0.3 is 0 Å². The molecule has 1 unspecified atom stereocenters. The molecule has 0 amide bonds. The highest BCUT2D eigenvalue weighted by molar-refractivity contribution is 5.36. The first-order valence-electron chi connectivity index (χ1n) is 6.60. The van der Waals surface area contributed by atoms with Crippen molar-refractivity contribution < 1.29 is 9.47 Å². The summed E-state index contributed by atoms with van der Waals surface area (Å²) in [6.07, 6.45) is 1.33. The monoisotopic (exact) mass is 255 g/mol. The van der Waals surface area contributed by atoms with Gasteiger partial charge in [0.1, 0.15) is 23.4 Å². The Morgan fingerprint density at radius 1 is 0.895 bits per heavy atom. The van der Waals surface area contributed by atoms with Crippen molar-refractivity contribution in [3.8, 4) is 17.2 Å². The summed E-state index contributed by atoms with van der Waals surface area (Å²) >= 11 is 0. The lowest BCUT2D eigenvalue weighted by atomic mass is 10.3. The van der Waals surface area contributed by atoms with Crippen LogP contribution in [0.25, 0.3) is 0 Å². The van der Waals surface area contributed by atoms with Gasteiger partial charge in [-0.2, -0.15) is 0 Å². The van der Waals surface area contributed by atoms with Crippen LogP contribution < -0.4 is 14.8 Å². The molecule has 2 aromatic rings. The molecular formula is C16H17NO2. The van der Waals surface area contributed by atoms with Gasteiger partial charge in [-0.1, -0.05) is 24.3 Å². The maximum absolute atomic E-state index is 5.91. The minimum absolute atomic E-state index is 0.270. The molecule has 1 atom stereocenters. The molecule has 19 heavy (non-hydrogen) atoms. The first kappa shape index (κ1) is 12.1. The molecule has 0 spiro atoms. The van der Waals surface area contributed by atoms with Crippen molar-refractivity contribution in [3.63, 3.8) is 0 Å². The Kier molecular flexibility index (Phi) is 3.65. The third-order valence-corrected chi connectivity index (χ3v) is 3.10. The molecule has 3 heteroatoms. The van der Waals surface area contributed by atoms with E-state index in [2.05, 4.69) is 5.32 Å². The normalized spacial score (nSPS) is 18.2. The van der Waals surface area contributed by atoms with Gasteiger partial charge < -0.3 is 14.8 Å². The van der Waals surface area contributed by atoms with Crippen molar-refractivity contribution in [1.82, 2.24) is 5.32 Å². The van der Waals surface area contributed by atoms with E-state index in [-0.39, 0.29) is 6.10 Å². The Hall–Kier alpha value is -2.00. The summed E-state index contributed by atoms with van der Waals surface area (Å²) in [5, 5.41) is 3.29. The fourth-order valence-electron chi connectivity index (χ4n) is 2.16. The van der Waals surface area contributed by atoms with Crippen LogP contribution in [0.3, 0.4) is 0 Å². The number of ether oxygens (including phenoxy) is 2. The highest BCUT2D eigenvalue weighted by atomic mass is 16.5. The Bertz CT molecular complexity index is 521. The van der Waals surface area contributed by atoms with E-state index < -0.39 is 0 Å². The lowest BCUT2D eigenvalue weighted by Crippen LogP contribution is -2.19. The Morgan fingerprint density at radius 3 is 2.47 bits per heavy atom. The molecule has 0 radical (unpaired) electrons. The second-order valence-corrected chi connectivity index (χ2v) is 4.62. The molecule has 2 aromatic carbocycles. The third kappa shape index (κ3) is 3.26. The van der Waals surface area contributed by atoms with Crippen molar-refractivity contribution in [3.05, 3.63) is 54.6 Å². The molecule has 1 saturated heterocycles. The fraction of sp³-hybridized carbons (Fsp3) is 0.250. The SMILES string of the molecule is c1ccc(Oc2cccc(OC3CCNC3)c2)cc1. The van der Waals surface area contributed by atoms with Crippen LogP contribution in [-0.4, -0.2) is 19.2 Å². The predicted octanol–water partition coefficient (Wildman–Crippen LogP) is 3.22. The van der Waals surface area contributed by atoms with E-state index in [4.69, 9.17) is 9.47 Å². The molecule has 3 rings (SSSR count). The predicted molar refractivity (Wildman–Crippen MR) is 74.9 cm³/mol. The topological polar surface area (TPSA) is 30.5 Å². The molecule has 0 saturated carbocycles. The average Bonchev–Trinajstić information content (AvgIpc) is 2.93. The van der Waals surface area contributed by atoms with E-state index in [1.54, 1.807) is 0 Å². The van der Waals surface area contributed by atoms with Crippen LogP contribution in [0.4, 0.5) is 0 Å². The summed E-state index contributed by atoms with van der Waals surface area (Å²) in [6, 6.07) is 17.6. The van der Waals surface area contributed by atoms with E-state index in [1.165, 1.54) is 0 Å². The number of hydrogen-bond donors (Lipinski definition) is 1.